The molecule has 0 saturated heterocycles. The third-order valence-corrected chi connectivity index (χ3v) is 5.97. The molecular formula is C27H40Cl2N2O2. The van der Waals surface area contributed by atoms with Gasteiger partial charge in [0.25, 0.3) is 0 Å². The summed E-state index contributed by atoms with van der Waals surface area (Å²) in [6.07, 6.45) is 6.20. The van der Waals surface area contributed by atoms with Crippen molar-refractivity contribution in [2.24, 2.45) is 0 Å². The Hall–Kier alpha value is -1.46. The van der Waals surface area contributed by atoms with Crippen molar-refractivity contribution >= 4 is 23.2 Å². The summed E-state index contributed by atoms with van der Waals surface area (Å²) >= 11 is 12.7. The molecule has 2 rings (SSSR count). The quantitative estimate of drug-likeness (QED) is 0.233. The summed E-state index contributed by atoms with van der Waals surface area (Å²) in [4.78, 5) is 2.60. The minimum absolute atomic E-state index is 0.379. The summed E-state index contributed by atoms with van der Waals surface area (Å²) in [5.41, 5.74) is 2.08. The first-order chi connectivity index (χ1) is 16.1. The van der Waals surface area contributed by atoms with Crippen molar-refractivity contribution < 1.29 is 9.47 Å². The molecule has 0 unspecified atom stereocenters. The molecule has 0 aliphatic carbocycles. The van der Waals surface area contributed by atoms with Crippen molar-refractivity contribution in [2.75, 3.05) is 32.8 Å². The van der Waals surface area contributed by atoms with Crippen molar-refractivity contribution in [3.63, 3.8) is 0 Å². The number of halogens is 2. The molecule has 0 radical (unpaired) electrons. The van der Waals surface area contributed by atoms with E-state index in [1.165, 1.54) is 38.8 Å². The maximum absolute atomic E-state index is 6.58. The van der Waals surface area contributed by atoms with Crippen LogP contribution in [0.25, 0.3) is 0 Å². The largest absolute Gasteiger partial charge is 0.490 e. The fraction of sp³-hybridized carbons (Fsp3) is 0.556. The van der Waals surface area contributed by atoms with Gasteiger partial charge >= 0.3 is 0 Å². The van der Waals surface area contributed by atoms with E-state index in [2.05, 4.69) is 24.1 Å². The molecule has 2 aromatic carbocycles. The van der Waals surface area contributed by atoms with E-state index < -0.39 is 0 Å². The minimum Gasteiger partial charge on any atom is -0.490 e. The SMILES string of the molecule is CCCCN(CCCC)CCCNCc1cc(Cl)c(OCc2cccc(Cl)c2)c(OCC)c1. The van der Waals surface area contributed by atoms with Crippen LogP contribution in [0.4, 0.5) is 0 Å². The van der Waals surface area contributed by atoms with Gasteiger partial charge in [0.2, 0.25) is 0 Å². The Balaban J connectivity index is 1.88. The summed E-state index contributed by atoms with van der Waals surface area (Å²) < 4.78 is 11.8. The van der Waals surface area contributed by atoms with Crippen molar-refractivity contribution in [3.05, 3.63) is 57.6 Å². The molecule has 0 bridgehead atoms. The molecule has 2 aromatic rings. The van der Waals surface area contributed by atoms with Crippen LogP contribution in [0.2, 0.25) is 10.0 Å². The summed E-state index contributed by atoms with van der Waals surface area (Å²) in [5.74, 6) is 1.25. The maximum Gasteiger partial charge on any atom is 0.180 e. The Labute approximate surface area is 210 Å². The molecule has 0 atom stereocenters. The van der Waals surface area contributed by atoms with Crippen LogP contribution in [0.5, 0.6) is 11.5 Å². The van der Waals surface area contributed by atoms with Gasteiger partial charge < -0.3 is 19.7 Å². The summed E-state index contributed by atoms with van der Waals surface area (Å²) in [6.45, 7) is 12.7. The molecular weight excluding hydrogens is 455 g/mol. The van der Waals surface area contributed by atoms with E-state index in [4.69, 9.17) is 32.7 Å². The third kappa shape index (κ3) is 10.6. The first-order valence-corrected chi connectivity index (χ1v) is 13.1. The van der Waals surface area contributed by atoms with E-state index >= 15 is 0 Å². The highest BCUT2D eigenvalue weighted by Gasteiger charge is 2.13. The molecule has 0 fully saturated rings. The molecule has 0 aromatic heterocycles. The van der Waals surface area contributed by atoms with Crippen molar-refractivity contribution in [2.45, 2.75) is 66.0 Å². The minimum atomic E-state index is 0.379. The van der Waals surface area contributed by atoms with Gasteiger partial charge in [-0.05, 0) is 87.8 Å². The fourth-order valence-corrected chi connectivity index (χ4v) is 4.17. The molecule has 1 N–H and O–H groups in total. The summed E-state index contributed by atoms with van der Waals surface area (Å²) in [5, 5.41) is 4.80. The highest BCUT2D eigenvalue weighted by atomic mass is 35.5. The summed E-state index contributed by atoms with van der Waals surface area (Å²) in [6, 6.07) is 11.6. The van der Waals surface area contributed by atoms with Gasteiger partial charge in [-0.2, -0.15) is 0 Å². The lowest BCUT2D eigenvalue weighted by atomic mass is 10.2. The van der Waals surface area contributed by atoms with Crippen molar-refractivity contribution in [1.82, 2.24) is 10.2 Å². The second-order valence-corrected chi connectivity index (χ2v) is 9.18. The number of nitrogens with one attached hydrogen (secondary N) is 1. The highest BCUT2D eigenvalue weighted by Crippen LogP contribution is 2.37. The Morgan fingerprint density at radius 1 is 0.848 bits per heavy atom. The van der Waals surface area contributed by atoms with Gasteiger partial charge in [0.15, 0.2) is 11.5 Å². The predicted molar refractivity (Wildman–Crippen MR) is 141 cm³/mol. The Morgan fingerprint density at radius 2 is 1.58 bits per heavy atom. The number of rotatable bonds is 17. The van der Waals surface area contributed by atoms with Crippen LogP contribution in [0.3, 0.4) is 0 Å². The second-order valence-electron chi connectivity index (χ2n) is 8.34. The molecule has 4 nitrogen and oxygen atoms in total. The van der Waals surface area contributed by atoms with Gasteiger partial charge in [-0.1, -0.05) is 62.0 Å². The lowest BCUT2D eigenvalue weighted by Gasteiger charge is -2.22. The van der Waals surface area contributed by atoms with Gasteiger partial charge in [-0.15, -0.1) is 0 Å². The van der Waals surface area contributed by atoms with Crippen molar-refractivity contribution in [3.8, 4) is 11.5 Å². The normalized spacial score (nSPS) is 11.2. The molecule has 0 amide bonds. The van der Waals surface area contributed by atoms with Crippen LogP contribution in [-0.4, -0.2) is 37.7 Å². The zero-order chi connectivity index (χ0) is 23.9. The maximum atomic E-state index is 6.58. The van der Waals surface area contributed by atoms with Crippen LogP contribution in [0.1, 0.15) is 64.0 Å². The van der Waals surface area contributed by atoms with Crippen LogP contribution in [-0.2, 0) is 13.2 Å². The second kappa shape index (κ2) is 16.2. The molecule has 33 heavy (non-hydrogen) atoms. The van der Waals surface area contributed by atoms with Gasteiger partial charge in [-0.25, -0.2) is 0 Å². The number of hydrogen-bond donors (Lipinski definition) is 1. The smallest absolute Gasteiger partial charge is 0.180 e. The fourth-order valence-electron chi connectivity index (χ4n) is 3.67. The number of unbranched alkanes of at least 4 members (excludes halogenated alkanes) is 2. The van der Waals surface area contributed by atoms with Crippen LogP contribution >= 0.6 is 23.2 Å². The lowest BCUT2D eigenvalue weighted by Crippen LogP contribution is -2.29. The average Bonchev–Trinajstić information content (AvgIpc) is 2.80. The van der Waals surface area contributed by atoms with Crippen LogP contribution in [0, 0.1) is 0 Å². The zero-order valence-corrected chi connectivity index (χ0v) is 22.0. The molecule has 0 aliphatic heterocycles. The Bertz CT molecular complexity index is 809. The number of benzene rings is 2. The van der Waals surface area contributed by atoms with Gasteiger partial charge in [0.1, 0.15) is 6.61 Å². The van der Waals surface area contributed by atoms with E-state index in [9.17, 15) is 0 Å². The van der Waals surface area contributed by atoms with Gasteiger partial charge in [0.05, 0.1) is 11.6 Å². The molecule has 0 spiro atoms. The number of ether oxygens (including phenoxy) is 2. The van der Waals surface area contributed by atoms with E-state index in [0.29, 0.717) is 34.8 Å². The van der Waals surface area contributed by atoms with Crippen LogP contribution < -0.4 is 14.8 Å². The monoisotopic (exact) mass is 494 g/mol. The van der Waals surface area contributed by atoms with Crippen molar-refractivity contribution in [1.29, 1.82) is 0 Å². The molecule has 0 saturated carbocycles. The summed E-state index contributed by atoms with van der Waals surface area (Å²) in [7, 11) is 0. The molecule has 0 heterocycles. The van der Waals surface area contributed by atoms with Crippen LogP contribution in [0.15, 0.2) is 36.4 Å². The molecule has 6 heteroatoms. The number of hydrogen-bond acceptors (Lipinski definition) is 4. The third-order valence-electron chi connectivity index (χ3n) is 5.45. The first-order valence-electron chi connectivity index (χ1n) is 12.3. The van der Waals surface area contributed by atoms with E-state index in [-0.39, 0.29) is 0 Å². The first kappa shape index (κ1) is 27.8. The van der Waals surface area contributed by atoms with Gasteiger partial charge in [0, 0.05) is 11.6 Å². The average molecular weight is 496 g/mol. The number of nitrogens with zero attached hydrogens (tertiary/aromatic N) is 1. The Morgan fingerprint density at radius 3 is 2.24 bits per heavy atom. The lowest BCUT2D eigenvalue weighted by molar-refractivity contribution is 0.261. The van der Waals surface area contributed by atoms with Gasteiger partial charge in [-0.3, -0.25) is 0 Å². The van der Waals surface area contributed by atoms with E-state index in [1.54, 1.807) is 0 Å². The molecule has 184 valence electrons. The Kier molecular flexibility index (Phi) is 13.7. The standard InChI is InChI=1S/C27H40Cl2N2O2/c1-4-7-14-31(15-8-5-2)16-10-13-30-20-23-18-25(29)27(26(19-23)32-6-3)33-21-22-11-9-12-24(28)17-22/h9,11-12,17-19,30H,4-8,10,13-16,20-21H2,1-3H3. The highest BCUT2D eigenvalue weighted by molar-refractivity contribution is 6.32. The van der Waals surface area contributed by atoms with E-state index in [1.807, 2.05) is 43.3 Å². The predicted octanol–water partition coefficient (Wildman–Crippen LogP) is 7.35. The zero-order valence-electron chi connectivity index (χ0n) is 20.5. The molecule has 0 aliphatic rings. The topological polar surface area (TPSA) is 33.7 Å². The van der Waals surface area contributed by atoms with E-state index in [0.717, 1.165) is 37.2 Å².